The predicted octanol–water partition coefficient (Wildman–Crippen LogP) is 2.73. The summed E-state index contributed by atoms with van der Waals surface area (Å²) in [5, 5.41) is 0. The number of allylic oxidation sites excluding steroid dienone is 1. The average Bonchev–Trinajstić information content (AvgIpc) is 3.14. The molecule has 2 aromatic carbocycles. The van der Waals surface area contributed by atoms with Crippen molar-refractivity contribution in [3.63, 3.8) is 0 Å². The Morgan fingerprint density at radius 3 is 2.70 bits per heavy atom. The minimum atomic E-state index is -0.531. The van der Waals surface area contributed by atoms with Crippen molar-refractivity contribution in [1.29, 1.82) is 0 Å². The number of halogens is 1. The quantitative estimate of drug-likeness (QED) is 0.462. The van der Waals surface area contributed by atoms with E-state index < -0.39 is 11.2 Å². The zero-order chi connectivity index (χ0) is 21.3. The third-order valence-corrected chi connectivity index (χ3v) is 4.77. The SMILES string of the molecule is C=CCn1c(=O)c2c(ncn2Cc2cccc(F)c2)n(-c2cccc(OC)c2)c1=O. The van der Waals surface area contributed by atoms with Crippen molar-refractivity contribution in [3.05, 3.63) is 99.7 Å². The van der Waals surface area contributed by atoms with Gasteiger partial charge in [-0.1, -0.05) is 24.3 Å². The third kappa shape index (κ3) is 3.32. The molecule has 2 heterocycles. The standard InChI is InChI=1S/C22H19FN4O3/c1-3-10-26-21(28)19-20(24-14-25(19)13-15-6-4-7-16(23)11-15)27(22(26)29)17-8-5-9-18(12-17)30-2/h3-9,11-12,14H,1,10,13H2,2H3. The maximum absolute atomic E-state index is 13.6. The smallest absolute Gasteiger partial charge is 0.337 e. The number of rotatable bonds is 6. The molecule has 152 valence electrons. The Hall–Kier alpha value is -3.94. The normalized spacial score (nSPS) is 11.0. The van der Waals surface area contributed by atoms with E-state index in [0.29, 0.717) is 17.0 Å². The van der Waals surface area contributed by atoms with E-state index in [1.807, 2.05) is 0 Å². The lowest BCUT2D eigenvalue weighted by atomic mass is 10.2. The van der Waals surface area contributed by atoms with Crippen LogP contribution in [0.2, 0.25) is 0 Å². The molecule has 0 bridgehead atoms. The van der Waals surface area contributed by atoms with Crippen LogP contribution in [0.25, 0.3) is 16.9 Å². The van der Waals surface area contributed by atoms with E-state index in [2.05, 4.69) is 11.6 Å². The third-order valence-electron chi connectivity index (χ3n) is 4.77. The minimum absolute atomic E-state index is 0.0444. The monoisotopic (exact) mass is 406 g/mol. The van der Waals surface area contributed by atoms with Crippen LogP contribution in [0.4, 0.5) is 4.39 Å². The van der Waals surface area contributed by atoms with E-state index in [9.17, 15) is 14.0 Å². The van der Waals surface area contributed by atoms with Crippen molar-refractivity contribution < 1.29 is 9.13 Å². The van der Waals surface area contributed by atoms with Gasteiger partial charge in [0.1, 0.15) is 11.6 Å². The Kier molecular flexibility index (Phi) is 5.05. The summed E-state index contributed by atoms with van der Waals surface area (Å²) >= 11 is 0. The summed E-state index contributed by atoms with van der Waals surface area (Å²) in [6, 6.07) is 13.0. The summed E-state index contributed by atoms with van der Waals surface area (Å²) in [4.78, 5) is 30.6. The summed E-state index contributed by atoms with van der Waals surface area (Å²) < 4.78 is 22.9. The van der Waals surface area contributed by atoms with Crippen LogP contribution >= 0.6 is 0 Å². The van der Waals surface area contributed by atoms with E-state index >= 15 is 0 Å². The molecule has 0 N–H and O–H groups in total. The van der Waals surface area contributed by atoms with Gasteiger partial charge in [0.2, 0.25) is 0 Å². The number of aromatic nitrogens is 4. The predicted molar refractivity (Wildman–Crippen MR) is 112 cm³/mol. The van der Waals surface area contributed by atoms with E-state index in [1.165, 1.54) is 36.2 Å². The lowest BCUT2D eigenvalue weighted by Gasteiger charge is -2.12. The molecule has 2 aromatic heterocycles. The van der Waals surface area contributed by atoms with E-state index in [0.717, 1.165) is 4.57 Å². The van der Waals surface area contributed by atoms with E-state index in [1.54, 1.807) is 41.0 Å². The Bertz CT molecular complexity index is 1370. The fourth-order valence-electron chi connectivity index (χ4n) is 3.40. The molecule has 0 atom stereocenters. The highest BCUT2D eigenvalue weighted by Crippen LogP contribution is 2.19. The molecule has 0 fully saturated rings. The van der Waals surface area contributed by atoms with Crippen molar-refractivity contribution in [3.8, 4) is 11.4 Å². The number of methoxy groups -OCH3 is 1. The Morgan fingerprint density at radius 1 is 1.17 bits per heavy atom. The molecule has 0 saturated heterocycles. The van der Waals surface area contributed by atoms with Crippen LogP contribution in [0.15, 0.2) is 77.1 Å². The van der Waals surface area contributed by atoms with Gasteiger partial charge in [-0.05, 0) is 29.8 Å². The molecule has 0 radical (unpaired) electrons. The highest BCUT2D eigenvalue weighted by molar-refractivity contribution is 5.72. The Morgan fingerprint density at radius 2 is 1.97 bits per heavy atom. The molecular formula is C22H19FN4O3. The van der Waals surface area contributed by atoms with Crippen LogP contribution in [0.1, 0.15) is 5.56 Å². The first-order chi connectivity index (χ1) is 14.5. The maximum atomic E-state index is 13.6. The molecule has 0 aliphatic rings. The van der Waals surface area contributed by atoms with Gasteiger partial charge in [0, 0.05) is 19.2 Å². The molecule has 8 heteroatoms. The lowest BCUT2D eigenvalue weighted by Crippen LogP contribution is -2.39. The number of benzene rings is 2. The van der Waals surface area contributed by atoms with Crippen molar-refractivity contribution in [2.24, 2.45) is 0 Å². The van der Waals surface area contributed by atoms with Gasteiger partial charge in [0.25, 0.3) is 5.56 Å². The molecular weight excluding hydrogens is 387 g/mol. The molecule has 4 rings (SSSR count). The second-order valence-electron chi connectivity index (χ2n) is 6.70. The first-order valence-electron chi connectivity index (χ1n) is 9.24. The number of hydrogen-bond acceptors (Lipinski definition) is 4. The van der Waals surface area contributed by atoms with Crippen LogP contribution < -0.4 is 16.0 Å². The van der Waals surface area contributed by atoms with Crippen molar-refractivity contribution >= 4 is 11.2 Å². The molecule has 0 unspecified atom stereocenters. The average molecular weight is 406 g/mol. The maximum Gasteiger partial charge on any atom is 0.337 e. The summed E-state index contributed by atoms with van der Waals surface area (Å²) in [7, 11) is 1.53. The van der Waals surface area contributed by atoms with Crippen LogP contribution in [0.5, 0.6) is 5.75 Å². The zero-order valence-corrected chi connectivity index (χ0v) is 16.3. The second kappa shape index (κ2) is 7.82. The first-order valence-corrected chi connectivity index (χ1v) is 9.24. The first kappa shape index (κ1) is 19.4. The van der Waals surface area contributed by atoms with E-state index in [-0.39, 0.29) is 30.1 Å². The van der Waals surface area contributed by atoms with Crippen molar-refractivity contribution in [2.75, 3.05) is 7.11 Å². The summed E-state index contributed by atoms with van der Waals surface area (Å²) in [5.74, 6) is 0.197. The summed E-state index contributed by atoms with van der Waals surface area (Å²) in [6.07, 6.45) is 2.96. The second-order valence-corrected chi connectivity index (χ2v) is 6.70. The fraction of sp³-hybridized carbons (Fsp3) is 0.136. The van der Waals surface area contributed by atoms with Gasteiger partial charge in [-0.2, -0.15) is 0 Å². The number of fused-ring (bicyclic) bond motifs is 1. The molecule has 0 spiro atoms. The minimum Gasteiger partial charge on any atom is -0.497 e. The van der Waals surface area contributed by atoms with Gasteiger partial charge < -0.3 is 9.30 Å². The number of ether oxygens (including phenoxy) is 1. The van der Waals surface area contributed by atoms with Crippen LogP contribution in [-0.2, 0) is 13.1 Å². The van der Waals surface area contributed by atoms with E-state index in [4.69, 9.17) is 4.74 Å². The number of nitrogens with zero attached hydrogens (tertiary/aromatic N) is 4. The molecule has 0 aliphatic carbocycles. The van der Waals surface area contributed by atoms with Gasteiger partial charge in [0.15, 0.2) is 11.2 Å². The Labute approximate surface area is 170 Å². The molecule has 0 amide bonds. The fourth-order valence-corrected chi connectivity index (χ4v) is 3.40. The molecule has 0 saturated carbocycles. The van der Waals surface area contributed by atoms with Crippen molar-refractivity contribution in [2.45, 2.75) is 13.1 Å². The van der Waals surface area contributed by atoms with Crippen molar-refractivity contribution in [1.82, 2.24) is 18.7 Å². The summed E-state index contributed by atoms with van der Waals surface area (Å²) in [6.45, 7) is 3.92. The van der Waals surface area contributed by atoms with Crippen LogP contribution in [0.3, 0.4) is 0 Å². The number of imidazole rings is 1. The highest BCUT2D eigenvalue weighted by atomic mass is 19.1. The number of hydrogen-bond donors (Lipinski definition) is 0. The van der Waals surface area contributed by atoms with Gasteiger partial charge in [-0.15, -0.1) is 6.58 Å². The molecule has 7 nitrogen and oxygen atoms in total. The van der Waals surface area contributed by atoms with Gasteiger partial charge in [0.05, 0.1) is 19.1 Å². The lowest BCUT2D eigenvalue weighted by molar-refractivity contribution is 0.414. The van der Waals surface area contributed by atoms with Gasteiger partial charge in [-0.3, -0.25) is 9.36 Å². The summed E-state index contributed by atoms with van der Waals surface area (Å²) in [5.41, 5.74) is 0.624. The Balaban J connectivity index is 2.00. The van der Waals surface area contributed by atoms with Crippen LogP contribution in [0, 0.1) is 5.82 Å². The van der Waals surface area contributed by atoms with Crippen LogP contribution in [-0.4, -0.2) is 25.8 Å². The highest BCUT2D eigenvalue weighted by Gasteiger charge is 2.19. The van der Waals surface area contributed by atoms with Gasteiger partial charge in [-0.25, -0.2) is 18.7 Å². The zero-order valence-electron chi connectivity index (χ0n) is 16.3. The molecule has 0 aliphatic heterocycles. The molecule has 30 heavy (non-hydrogen) atoms. The van der Waals surface area contributed by atoms with Gasteiger partial charge >= 0.3 is 5.69 Å². The topological polar surface area (TPSA) is 71.1 Å². The largest absolute Gasteiger partial charge is 0.497 e. The molecule has 4 aromatic rings.